The molecule has 16 heteroatoms. The highest BCUT2D eigenvalue weighted by molar-refractivity contribution is 7.94. The van der Waals surface area contributed by atoms with Gasteiger partial charge in [0.1, 0.15) is 16.3 Å². The van der Waals surface area contributed by atoms with Crippen molar-refractivity contribution in [1.29, 1.82) is 0 Å². The van der Waals surface area contributed by atoms with Crippen molar-refractivity contribution >= 4 is 60.1 Å². The van der Waals surface area contributed by atoms with Crippen molar-refractivity contribution in [3.8, 4) is 5.75 Å². The standard InChI is InChI=1S/C17H15N3O10S3/c1-8-4-13(31-30-29-22)12(7-14(8)32(23,24)25)19-20-16-15(33(26,27)28)6-9-5-10(18)2-3-11(9)17(16)21/h2-7,21-22H,18H2,1H3,(H,23,24,25)(H,26,27,28). The molecule has 0 heterocycles. The molecule has 0 radical (unpaired) electrons. The zero-order chi connectivity index (χ0) is 24.6. The number of benzene rings is 3. The Bertz CT molecular complexity index is 1490. The summed E-state index contributed by atoms with van der Waals surface area (Å²) in [5.74, 6) is -0.657. The smallest absolute Gasteiger partial charge is 0.296 e. The highest BCUT2D eigenvalue weighted by atomic mass is 32.2. The average Bonchev–Trinajstić information content (AvgIpc) is 2.70. The fraction of sp³-hybridized carbons (Fsp3) is 0.0588. The first-order valence-electron chi connectivity index (χ1n) is 8.54. The number of hydrogen-bond donors (Lipinski definition) is 5. The van der Waals surface area contributed by atoms with Crippen molar-refractivity contribution in [3.05, 3.63) is 42.0 Å². The first kappa shape index (κ1) is 24.8. The topological polar surface area (TPSA) is 218 Å². The number of phenolic OH excluding ortho intramolecular Hbond substituents is 1. The van der Waals surface area contributed by atoms with E-state index in [9.17, 15) is 31.0 Å². The van der Waals surface area contributed by atoms with Crippen LogP contribution in [-0.2, 0) is 29.6 Å². The third kappa shape index (κ3) is 5.40. The summed E-state index contributed by atoms with van der Waals surface area (Å²) in [6.45, 7) is 1.35. The van der Waals surface area contributed by atoms with Gasteiger partial charge in [0.05, 0.1) is 21.8 Å². The number of aryl methyl sites for hydroxylation is 1. The third-order valence-corrected chi connectivity index (χ3v) is 6.80. The van der Waals surface area contributed by atoms with Crippen LogP contribution in [0, 0.1) is 6.92 Å². The van der Waals surface area contributed by atoms with E-state index in [-0.39, 0.29) is 32.6 Å². The summed E-state index contributed by atoms with van der Waals surface area (Å²) >= 11 is 0.387. The number of fused-ring (bicyclic) bond motifs is 1. The molecule has 3 aromatic carbocycles. The van der Waals surface area contributed by atoms with E-state index < -0.39 is 41.5 Å². The molecular weight excluding hydrogens is 502 g/mol. The molecule has 0 aliphatic heterocycles. The van der Waals surface area contributed by atoms with Crippen LogP contribution in [0.5, 0.6) is 5.75 Å². The highest BCUT2D eigenvalue weighted by Crippen LogP contribution is 2.43. The Labute approximate surface area is 191 Å². The molecule has 6 N–H and O–H groups in total. The lowest BCUT2D eigenvalue weighted by atomic mass is 10.1. The van der Waals surface area contributed by atoms with Crippen LogP contribution >= 0.6 is 12.0 Å². The molecule has 0 unspecified atom stereocenters. The van der Waals surface area contributed by atoms with Gasteiger partial charge in [0.15, 0.2) is 5.75 Å². The summed E-state index contributed by atoms with van der Waals surface area (Å²) in [6.07, 6.45) is 0. The van der Waals surface area contributed by atoms with E-state index in [2.05, 4.69) is 19.6 Å². The van der Waals surface area contributed by atoms with Crippen molar-refractivity contribution in [2.75, 3.05) is 5.73 Å². The van der Waals surface area contributed by atoms with Crippen LogP contribution < -0.4 is 5.73 Å². The Morgan fingerprint density at radius 2 is 1.64 bits per heavy atom. The Kier molecular flexibility index (Phi) is 6.91. The molecule has 0 saturated heterocycles. The normalized spacial score (nSPS) is 12.6. The minimum atomic E-state index is -4.90. The maximum atomic E-state index is 11.9. The largest absolute Gasteiger partial charge is 0.505 e. The van der Waals surface area contributed by atoms with Crippen LogP contribution in [0.4, 0.5) is 17.1 Å². The van der Waals surface area contributed by atoms with Gasteiger partial charge in [0, 0.05) is 11.1 Å². The van der Waals surface area contributed by atoms with Crippen molar-refractivity contribution in [2.24, 2.45) is 10.2 Å². The molecule has 0 spiro atoms. The first-order valence-corrected chi connectivity index (χ1v) is 12.2. The molecule has 13 nitrogen and oxygen atoms in total. The van der Waals surface area contributed by atoms with E-state index in [0.717, 1.165) is 12.1 Å². The minimum Gasteiger partial charge on any atom is -0.505 e. The Hall–Kier alpha value is -2.83. The second kappa shape index (κ2) is 9.20. The molecule has 0 fully saturated rings. The summed E-state index contributed by atoms with van der Waals surface area (Å²) in [5.41, 5.74) is 5.08. The van der Waals surface area contributed by atoms with Gasteiger partial charge < -0.3 is 10.8 Å². The van der Waals surface area contributed by atoms with Crippen molar-refractivity contribution in [3.63, 3.8) is 0 Å². The van der Waals surface area contributed by atoms with Gasteiger partial charge in [-0.3, -0.25) is 9.11 Å². The van der Waals surface area contributed by atoms with Gasteiger partial charge >= 0.3 is 0 Å². The van der Waals surface area contributed by atoms with Gasteiger partial charge in [-0.15, -0.1) is 14.6 Å². The lowest BCUT2D eigenvalue weighted by molar-refractivity contribution is -0.432. The number of phenols is 1. The average molecular weight is 518 g/mol. The number of azo groups is 1. The molecular formula is C17H15N3O10S3. The molecule has 3 aromatic rings. The number of anilines is 1. The number of nitrogens with two attached hydrogens (primary N) is 1. The molecule has 0 bridgehead atoms. The van der Waals surface area contributed by atoms with E-state index in [1.807, 2.05) is 0 Å². The molecule has 0 atom stereocenters. The molecule has 0 saturated carbocycles. The van der Waals surface area contributed by atoms with Gasteiger partial charge in [-0.25, -0.2) is 5.26 Å². The van der Waals surface area contributed by atoms with Crippen LogP contribution in [0.1, 0.15) is 5.56 Å². The molecule has 176 valence electrons. The number of nitrogens with zero attached hydrogens (tertiary/aromatic N) is 2. The third-order valence-electron chi connectivity index (χ3n) is 4.30. The number of hydrogen-bond acceptors (Lipinski definition) is 12. The fourth-order valence-electron chi connectivity index (χ4n) is 2.89. The lowest BCUT2D eigenvalue weighted by Crippen LogP contribution is -2.01. The van der Waals surface area contributed by atoms with E-state index in [0.29, 0.717) is 12.0 Å². The first-order chi connectivity index (χ1) is 15.3. The maximum absolute atomic E-state index is 11.9. The molecule has 3 rings (SSSR count). The monoisotopic (exact) mass is 517 g/mol. The van der Waals surface area contributed by atoms with Crippen molar-refractivity contribution in [1.82, 2.24) is 0 Å². The summed E-state index contributed by atoms with van der Waals surface area (Å²) in [7, 11) is -9.58. The minimum absolute atomic E-state index is 0.0270. The Morgan fingerprint density at radius 1 is 0.970 bits per heavy atom. The van der Waals surface area contributed by atoms with Crippen LogP contribution in [-0.4, -0.2) is 36.3 Å². The van der Waals surface area contributed by atoms with Crippen LogP contribution in [0.25, 0.3) is 10.8 Å². The molecule has 0 aliphatic rings. The van der Waals surface area contributed by atoms with E-state index in [4.69, 9.17) is 11.0 Å². The summed E-state index contributed by atoms with van der Waals surface area (Å²) < 4.78 is 70.5. The second-order valence-electron chi connectivity index (χ2n) is 6.51. The van der Waals surface area contributed by atoms with Gasteiger partial charge in [0.2, 0.25) is 0 Å². The van der Waals surface area contributed by atoms with E-state index >= 15 is 0 Å². The van der Waals surface area contributed by atoms with Gasteiger partial charge in [0.25, 0.3) is 20.2 Å². The fourth-order valence-corrected chi connectivity index (χ4v) is 4.79. The SMILES string of the molecule is Cc1cc(SOOO)c(N=Nc2c(S(=O)(=O)O)cc3cc(N)ccc3c2O)cc1S(=O)(=O)O. The van der Waals surface area contributed by atoms with Crippen LogP contribution in [0.2, 0.25) is 0 Å². The number of nitrogen functional groups attached to an aromatic ring is 1. The maximum Gasteiger partial charge on any atom is 0.296 e. The molecule has 33 heavy (non-hydrogen) atoms. The van der Waals surface area contributed by atoms with Crippen LogP contribution in [0.3, 0.4) is 0 Å². The van der Waals surface area contributed by atoms with Crippen molar-refractivity contribution in [2.45, 2.75) is 21.6 Å². The Morgan fingerprint density at radius 3 is 2.24 bits per heavy atom. The number of aromatic hydroxyl groups is 1. The van der Waals surface area contributed by atoms with E-state index in [1.54, 1.807) is 0 Å². The van der Waals surface area contributed by atoms with Gasteiger partial charge in [-0.05, 0) is 54.3 Å². The molecule has 0 aliphatic carbocycles. The summed E-state index contributed by atoms with van der Waals surface area (Å²) in [5, 5.41) is 30.3. The van der Waals surface area contributed by atoms with Gasteiger partial charge in [-0.1, -0.05) is 5.04 Å². The highest BCUT2D eigenvalue weighted by Gasteiger charge is 2.23. The van der Waals surface area contributed by atoms with E-state index in [1.165, 1.54) is 31.2 Å². The predicted molar refractivity (Wildman–Crippen MR) is 116 cm³/mol. The molecule has 0 amide bonds. The Balaban J connectivity index is 2.27. The zero-order valence-corrected chi connectivity index (χ0v) is 18.8. The second-order valence-corrected chi connectivity index (χ2v) is 10.0. The van der Waals surface area contributed by atoms with Crippen LogP contribution in [0.15, 0.2) is 61.3 Å². The number of rotatable bonds is 7. The van der Waals surface area contributed by atoms with Crippen molar-refractivity contribution < 1.29 is 45.7 Å². The molecule has 0 aromatic heterocycles. The van der Waals surface area contributed by atoms with Gasteiger partial charge in [-0.2, -0.15) is 16.8 Å². The summed E-state index contributed by atoms with van der Waals surface area (Å²) in [6, 6.07) is 7.31. The zero-order valence-electron chi connectivity index (χ0n) is 16.4. The lowest BCUT2D eigenvalue weighted by Gasteiger charge is -2.10. The quantitative estimate of drug-likeness (QED) is 0.0755. The predicted octanol–water partition coefficient (Wildman–Crippen LogP) is 3.77. The summed E-state index contributed by atoms with van der Waals surface area (Å²) in [4.78, 5) is -1.31.